The number of anilines is 1. The second-order valence-corrected chi connectivity index (χ2v) is 8.43. The zero-order valence-corrected chi connectivity index (χ0v) is 17.8. The van der Waals surface area contributed by atoms with Crippen LogP contribution in [-0.4, -0.2) is 72.2 Å². The maximum atomic E-state index is 5.56. The number of nitrogens with zero attached hydrogens (tertiary/aromatic N) is 4. The highest BCUT2D eigenvalue weighted by Crippen LogP contribution is 2.29. The van der Waals surface area contributed by atoms with Gasteiger partial charge in [0.2, 0.25) is 0 Å². The number of aromatic amines is 1. The van der Waals surface area contributed by atoms with E-state index >= 15 is 0 Å². The van der Waals surface area contributed by atoms with Crippen molar-refractivity contribution in [3.05, 3.63) is 54.4 Å². The number of nitrogens with one attached hydrogen (secondary N) is 1. The van der Waals surface area contributed by atoms with E-state index in [1.54, 1.807) is 7.11 Å². The van der Waals surface area contributed by atoms with Crippen molar-refractivity contribution < 1.29 is 4.74 Å². The first kappa shape index (κ1) is 19.4. The van der Waals surface area contributed by atoms with E-state index in [1.165, 1.54) is 18.5 Å². The number of fused-ring (bicyclic) bond motifs is 1. The van der Waals surface area contributed by atoms with E-state index in [-0.39, 0.29) is 0 Å². The molecule has 2 fully saturated rings. The van der Waals surface area contributed by atoms with Crippen molar-refractivity contribution >= 4 is 16.7 Å². The van der Waals surface area contributed by atoms with Crippen molar-refractivity contribution in [3.63, 3.8) is 0 Å². The Labute approximate surface area is 178 Å². The number of aromatic nitrogens is 2. The predicted octanol–water partition coefficient (Wildman–Crippen LogP) is 3.36. The summed E-state index contributed by atoms with van der Waals surface area (Å²) in [7, 11) is 1.76. The number of ether oxygens (including phenoxy) is 1. The molecule has 1 atom stereocenters. The van der Waals surface area contributed by atoms with Crippen LogP contribution in [0.3, 0.4) is 0 Å². The van der Waals surface area contributed by atoms with Crippen LogP contribution in [0.2, 0.25) is 0 Å². The van der Waals surface area contributed by atoms with Crippen molar-refractivity contribution in [3.8, 4) is 5.75 Å². The van der Waals surface area contributed by atoms with E-state index in [0.29, 0.717) is 6.04 Å². The van der Waals surface area contributed by atoms with Gasteiger partial charge in [-0.05, 0) is 43.7 Å². The highest BCUT2D eigenvalue weighted by Gasteiger charge is 2.29. The lowest BCUT2D eigenvalue weighted by atomic mass is 10.0. The third kappa shape index (κ3) is 4.02. The molecule has 0 amide bonds. The van der Waals surface area contributed by atoms with E-state index in [1.807, 2.05) is 6.07 Å². The Bertz CT molecular complexity index is 945. The minimum atomic E-state index is 0.642. The normalized spacial score (nSPS) is 21.2. The summed E-state index contributed by atoms with van der Waals surface area (Å²) in [5.74, 6) is 2.05. The quantitative estimate of drug-likeness (QED) is 0.705. The number of rotatable bonds is 5. The zero-order chi connectivity index (χ0) is 20.3. The van der Waals surface area contributed by atoms with Gasteiger partial charge in [-0.3, -0.25) is 9.80 Å². The number of methoxy groups -OCH3 is 1. The van der Waals surface area contributed by atoms with E-state index in [9.17, 15) is 0 Å². The average Bonchev–Trinajstić information content (AvgIpc) is 3.21. The molecule has 1 aromatic heterocycles. The molecule has 158 valence electrons. The van der Waals surface area contributed by atoms with Crippen molar-refractivity contribution in [2.75, 3.05) is 51.3 Å². The molecule has 0 bridgehead atoms. The number of likely N-dealkylation sites (tertiary alicyclic amines) is 1. The fourth-order valence-corrected chi connectivity index (χ4v) is 4.98. The molecule has 3 aromatic rings. The van der Waals surface area contributed by atoms with Gasteiger partial charge in [0, 0.05) is 38.8 Å². The number of benzene rings is 2. The van der Waals surface area contributed by atoms with Gasteiger partial charge in [-0.25, -0.2) is 4.98 Å². The van der Waals surface area contributed by atoms with Crippen LogP contribution in [0.1, 0.15) is 18.7 Å². The average molecular weight is 406 g/mol. The number of piperazine rings is 1. The summed E-state index contributed by atoms with van der Waals surface area (Å²) in [5, 5.41) is 0. The van der Waals surface area contributed by atoms with Crippen LogP contribution in [0.15, 0.2) is 48.5 Å². The topological polar surface area (TPSA) is 47.6 Å². The van der Waals surface area contributed by atoms with Crippen molar-refractivity contribution in [2.45, 2.75) is 25.4 Å². The van der Waals surface area contributed by atoms with Gasteiger partial charge in [0.15, 0.2) is 0 Å². The maximum absolute atomic E-state index is 5.56. The molecule has 2 aromatic carbocycles. The number of piperidine rings is 1. The summed E-state index contributed by atoms with van der Waals surface area (Å²) >= 11 is 0. The molecule has 0 unspecified atom stereocenters. The van der Waals surface area contributed by atoms with Gasteiger partial charge < -0.3 is 14.6 Å². The Morgan fingerprint density at radius 2 is 1.80 bits per heavy atom. The molecule has 5 rings (SSSR count). The highest BCUT2D eigenvalue weighted by atomic mass is 16.5. The Kier molecular flexibility index (Phi) is 5.60. The summed E-state index contributed by atoms with van der Waals surface area (Å²) in [5.41, 5.74) is 3.41. The number of imidazole rings is 1. The summed E-state index contributed by atoms with van der Waals surface area (Å²) in [4.78, 5) is 16.0. The fraction of sp³-hybridized carbons (Fsp3) is 0.458. The second kappa shape index (κ2) is 8.66. The van der Waals surface area contributed by atoms with E-state index in [2.05, 4.69) is 62.1 Å². The number of hydrogen-bond acceptors (Lipinski definition) is 5. The van der Waals surface area contributed by atoms with Gasteiger partial charge >= 0.3 is 0 Å². The molecule has 2 aliphatic rings. The number of H-pyrrole nitrogens is 1. The molecule has 30 heavy (non-hydrogen) atoms. The standard InChI is InChI=1S/C24H31N5O/c1-30-23-11-5-4-10-22(23)29-15-13-28(14-16-29)19-7-6-12-27(17-19)18-24-25-20-8-2-3-9-21(20)26-24/h2-5,8-11,19H,6-7,12-18H2,1H3,(H,25,26)/t19-/m1/s1. The second-order valence-electron chi connectivity index (χ2n) is 8.43. The lowest BCUT2D eigenvalue weighted by molar-refractivity contribution is 0.0875. The van der Waals surface area contributed by atoms with Crippen LogP contribution >= 0.6 is 0 Å². The van der Waals surface area contributed by atoms with Crippen molar-refractivity contribution in [2.24, 2.45) is 0 Å². The molecule has 0 saturated carbocycles. The van der Waals surface area contributed by atoms with Crippen LogP contribution in [0.25, 0.3) is 11.0 Å². The van der Waals surface area contributed by atoms with Gasteiger partial charge in [0.1, 0.15) is 11.6 Å². The molecule has 0 spiro atoms. The largest absolute Gasteiger partial charge is 0.495 e. The minimum Gasteiger partial charge on any atom is -0.495 e. The van der Waals surface area contributed by atoms with Crippen molar-refractivity contribution in [1.82, 2.24) is 19.8 Å². The predicted molar refractivity (Wildman–Crippen MR) is 121 cm³/mol. The molecule has 0 aliphatic carbocycles. The molecular formula is C24H31N5O. The number of hydrogen-bond donors (Lipinski definition) is 1. The van der Waals surface area contributed by atoms with Gasteiger partial charge in [0.05, 0.1) is 30.4 Å². The smallest absolute Gasteiger partial charge is 0.142 e. The summed E-state index contributed by atoms with van der Waals surface area (Å²) in [6.07, 6.45) is 2.56. The van der Waals surface area contributed by atoms with Crippen LogP contribution < -0.4 is 9.64 Å². The van der Waals surface area contributed by atoms with Crippen LogP contribution in [0.5, 0.6) is 5.75 Å². The monoisotopic (exact) mass is 405 g/mol. The lowest BCUT2D eigenvalue weighted by Crippen LogP contribution is -2.55. The van der Waals surface area contributed by atoms with E-state index < -0.39 is 0 Å². The highest BCUT2D eigenvalue weighted by molar-refractivity contribution is 5.74. The Morgan fingerprint density at radius 1 is 1.00 bits per heavy atom. The molecule has 1 N–H and O–H groups in total. The maximum Gasteiger partial charge on any atom is 0.142 e. The molecule has 2 saturated heterocycles. The van der Waals surface area contributed by atoms with Crippen LogP contribution in [0.4, 0.5) is 5.69 Å². The first-order valence-electron chi connectivity index (χ1n) is 11.1. The molecule has 3 heterocycles. The van der Waals surface area contributed by atoms with Gasteiger partial charge in [-0.1, -0.05) is 24.3 Å². The zero-order valence-electron chi connectivity index (χ0n) is 17.8. The first-order chi connectivity index (χ1) is 14.8. The van der Waals surface area contributed by atoms with Gasteiger partial charge in [-0.2, -0.15) is 0 Å². The molecular weight excluding hydrogens is 374 g/mol. The fourth-order valence-electron chi connectivity index (χ4n) is 4.98. The Morgan fingerprint density at radius 3 is 2.63 bits per heavy atom. The SMILES string of the molecule is COc1ccccc1N1CCN([C@@H]2CCCN(Cc3nc4ccccc4[nH]3)C2)CC1. The Balaban J connectivity index is 1.18. The molecule has 6 heteroatoms. The molecule has 0 radical (unpaired) electrons. The summed E-state index contributed by atoms with van der Waals surface area (Å²) in [6.45, 7) is 7.54. The lowest BCUT2D eigenvalue weighted by Gasteiger charge is -2.44. The van der Waals surface area contributed by atoms with Crippen LogP contribution in [-0.2, 0) is 6.54 Å². The van der Waals surface area contributed by atoms with Crippen molar-refractivity contribution in [1.29, 1.82) is 0 Å². The van der Waals surface area contributed by atoms with Gasteiger partial charge in [-0.15, -0.1) is 0 Å². The van der Waals surface area contributed by atoms with Crippen LogP contribution in [0, 0.1) is 0 Å². The minimum absolute atomic E-state index is 0.642. The third-order valence-corrected chi connectivity index (χ3v) is 6.55. The summed E-state index contributed by atoms with van der Waals surface area (Å²) in [6, 6.07) is 17.3. The third-order valence-electron chi connectivity index (χ3n) is 6.55. The van der Waals surface area contributed by atoms with E-state index in [0.717, 1.165) is 68.4 Å². The van der Waals surface area contributed by atoms with E-state index in [4.69, 9.17) is 9.72 Å². The number of para-hydroxylation sites is 4. The summed E-state index contributed by atoms with van der Waals surface area (Å²) < 4.78 is 5.56. The first-order valence-corrected chi connectivity index (χ1v) is 11.1. The molecule has 2 aliphatic heterocycles. The molecule has 6 nitrogen and oxygen atoms in total. The Hall–Kier alpha value is -2.57. The van der Waals surface area contributed by atoms with Gasteiger partial charge in [0.25, 0.3) is 0 Å².